The van der Waals surface area contributed by atoms with E-state index in [-0.39, 0.29) is 23.8 Å². The first-order valence-corrected chi connectivity index (χ1v) is 8.30. The van der Waals surface area contributed by atoms with Gasteiger partial charge in [0.2, 0.25) is 0 Å². The number of rotatable bonds is 2. The van der Waals surface area contributed by atoms with Crippen molar-refractivity contribution in [1.29, 1.82) is 0 Å². The van der Waals surface area contributed by atoms with E-state index in [0.29, 0.717) is 6.54 Å². The highest BCUT2D eigenvalue weighted by molar-refractivity contribution is 5.84. The first kappa shape index (κ1) is 16.9. The van der Waals surface area contributed by atoms with Crippen LogP contribution in [-0.2, 0) is 23.9 Å². The molecule has 2 aliphatic rings. The Kier molecular flexibility index (Phi) is 3.91. The molecule has 26 heavy (non-hydrogen) atoms. The first-order valence-electron chi connectivity index (χ1n) is 8.30. The van der Waals surface area contributed by atoms with Crippen LogP contribution in [0.25, 0.3) is 0 Å². The van der Waals surface area contributed by atoms with Gasteiger partial charge in [-0.05, 0) is 35.2 Å². The Morgan fingerprint density at radius 3 is 2.65 bits per heavy atom. The van der Waals surface area contributed by atoms with E-state index < -0.39 is 11.7 Å². The number of hydrogen-bond acceptors (Lipinski definition) is 4. The van der Waals surface area contributed by atoms with E-state index in [1.165, 1.54) is 11.6 Å². The number of benzene rings is 2. The predicted molar refractivity (Wildman–Crippen MR) is 92.0 cm³/mol. The molecule has 4 nitrogen and oxygen atoms in total. The highest BCUT2D eigenvalue weighted by Gasteiger charge is 2.39. The molecule has 1 aliphatic carbocycles. The zero-order chi connectivity index (χ0) is 18.5. The molecule has 4 rings (SSSR count). The zero-order valence-electron chi connectivity index (χ0n) is 14.1. The summed E-state index contributed by atoms with van der Waals surface area (Å²) in [6.07, 6.45) is -3.80. The molecule has 0 spiro atoms. The van der Waals surface area contributed by atoms with Gasteiger partial charge in [-0.15, -0.1) is 0 Å². The quantitative estimate of drug-likeness (QED) is 0.886. The van der Waals surface area contributed by atoms with Crippen LogP contribution in [-0.4, -0.2) is 24.0 Å². The molecule has 2 aromatic rings. The van der Waals surface area contributed by atoms with Crippen LogP contribution in [0.1, 0.15) is 28.4 Å². The van der Waals surface area contributed by atoms with Crippen LogP contribution in [0.4, 0.5) is 18.9 Å². The highest BCUT2D eigenvalue weighted by atomic mass is 19.4. The van der Waals surface area contributed by atoms with Crippen LogP contribution in [0, 0.1) is 0 Å². The number of ether oxygens (including phenoxy) is 1. The summed E-state index contributed by atoms with van der Waals surface area (Å²) in [5.74, 6) is 0.219. The third-order valence-corrected chi connectivity index (χ3v) is 5.08. The minimum absolute atomic E-state index is 0.0448. The van der Waals surface area contributed by atoms with Crippen molar-refractivity contribution in [3.63, 3.8) is 0 Å². The fourth-order valence-corrected chi connectivity index (χ4v) is 3.81. The Balaban J connectivity index is 1.66. The van der Waals surface area contributed by atoms with Crippen LogP contribution in [0.5, 0.6) is 0 Å². The van der Waals surface area contributed by atoms with Crippen molar-refractivity contribution < 1.29 is 17.9 Å². The summed E-state index contributed by atoms with van der Waals surface area (Å²) in [6.45, 7) is 0.404. The molecule has 7 heteroatoms. The lowest BCUT2D eigenvalue weighted by molar-refractivity contribution is -0.137. The van der Waals surface area contributed by atoms with E-state index in [9.17, 15) is 13.2 Å². The van der Waals surface area contributed by atoms with Crippen molar-refractivity contribution in [2.45, 2.75) is 31.3 Å². The average Bonchev–Trinajstić information content (AvgIpc) is 2.98. The molecule has 0 amide bonds. The summed E-state index contributed by atoms with van der Waals surface area (Å²) in [7, 11) is 1.65. The fraction of sp³-hybridized carbons (Fsp3) is 0.316. The van der Waals surface area contributed by atoms with Crippen molar-refractivity contribution >= 4 is 11.6 Å². The summed E-state index contributed by atoms with van der Waals surface area (Å²) >= 11 is 0. The topological polar surface area (TPSA) is 50.8 Å². The molecule has 1 aliphatic heterocycles. The number of methoxy groups -OCH3 is 1. The lowest BCUT2D eigenvalue weighted by Gasteiger charge is -2.36. The Morgan fingerprint density at radius 1 is 1.15 bits per heavy atom. The second kappa shape index (κ2) is 6.02. The molecule has 0 bridgehead atoms. The maximum atomic E-state index is 12.9. The van der Waals surface area contributed by atoms with Crippen molar-refractivity contribution in [2.75, 3.05) is 7.11 Å². The minimum atomic E-state index is -4.40. The number of aliphatic imine (C=N–C) groups is 1. The third kappa shape index (κ3) is 2.72. The van der Waals surface area contributed by atoms with Gasteiger partial charge in [-0.25, -0.2) is 4.99 Å². The summed E-state index contributed by atoms with van der Waals surface area (Å²) in [5.41, 5.74) is 8.71. The molecule has 0 fully saturated rings. The van der Waals surface area contributed by atoms with Gasteiger partial charge in [-0.1, -0.05) is 30.3 Å². The molecular weight excluding hydrogens is 343 g/mol. The molecule has 2 N–H and O–H groups in total. The number of alkyl halides is 3. The Labute approximate surface area is 149 Å². The summed E-state index contributed by atoms with van der Waals surface area (Å²) in [4.78, 5) is 6.16. The molecule has 0 radical (unpaired) electrons. The second-order valence-electron chi connectivity index (χ2n) is 6.57. The minimum Gasteiger partial charge on any atom is -0.375 e. The van der Waals surface area contributed by atoms with Crippen LogP contribution < -0.4 is 5.73 Å². The monoisotopic (exact) mass is 361 g/mol. The van der Waals surface area contributed by atoms with Gasteiger partial charge in [-0.3, -0.25) is 0 Å². The first-order chi connectivity index (χ1) is 12.4. The highest BCUT2D eigenvalue weighted by Crippen LogP contribution is 2.40. The van der Waals surface area contributed by atoms with Crippen LogP contribution in [0.3, 0.4) is 0 Å². The Bertz CT molecular complexity index is 879. The molecule has 2 aromatic carbocycles. The van der Waals surface area contributed by atoms with E-state index >= 15 is 0 Å². The van der Waals surface area contributed by atoms with Gasteiger partial charge in [0.15, 0.2) is 5.96 Å². The zero-order valence-corrected chi connectivity index (χ0v) is 14.1. The Hall–Kier alpha value is -2.54. The third-order valence-electron chi connectivity index (χ3n) is 5.08. The van der Waals surface area contributed by atoms with E-state index in [2.05, 4.69) is 11.1 Å². The molecule has 1 heterocycles. The predicted octanol–water partition coefficient (Wildman–Crippen LogP) is 3.78. The van der Waals surface area contributed by atoms with Crippen LogP contribution >= 0.6 is 0 Å². The van der Waals surface area contributed by atoms with Gasteiger partial charge in [-0.2, -0.15) is 13.2 Å². The maximum absolute atomic E-state index is 12.9. The normalized spacial score (nSPS) is 22.0. The molecule has 2 atom stereocenters. The molecule has 0 saturated carbocycles. The molecule has 0 saturated heterocycles. The Morgan fingerprint density at radius 2 is 1.92 bits per heavy atom. The largest absolute Gasteiger partial charge is 0.416 e. The average molecular weight is 361 g/mol. The number of hydrogen-bond donors (Lipinski definition) is 1. The number of nitrogens with zero attached hydrogens (tertiary/aromatic N) is 2. The van der Waals surface area contributed by atoms with Gasteiger partial charge < -0.3 is 15.4 Å². The summed E-state index contributed by atoms with van der Waals surface area (Å²) in [5, 5.41) is 0. The lowest BCUT2D eigenvalue weighted by atomic mass is 10.0. The van der Waals surface area contributed by atoms with Crippen molar-refractivity contribution in [1.82, 2.24) is 4.90 Å². The van der Waals surface area contributed by atoms with Crippen molar-refractivity contribution in [3.05, 3.63) is 64.7 Å². The summed E-state index contributed by atoms with van der Waals surface area (Å²) in [6, 6.07) is 11.6. The standard InChI is InChI=1S/C19H18F3N3O/c1-26-17-14-5-3-2-4-11(14)8-16(17)25-10-12-6-7-13(19(20,21)22)9-15(12)24-18(25)23/h2-7,9,16-17H,8,10H2,1H3,(H2,23,24). The summed E-state index contributed by atoms with van der Waals surface area (Å²) < 4.78 is 44.5. The molecule has 136 valence electrons. The number of nitrogens with two attached hydrogens (primary N) is 1. The van der Waals surface area contributed by atoms with E-state index in [0.717, 1.165) is 29.7 Å². The number of guanidine groups is 1. The smallest absolute Gasteiger partial charge is 0.375 e. The van der Waals surface area contributed by atoms with Crippen molar-refractivity contribution in [3.8, 4) is 0 Å². The van der Waals surface area contributed by atoms with Gasteiger partial charge in [0.05, 0.1) is 17.3 Å². The second-order valence-corrected chi connectivity index (χ2v) is 6.57. The van der Waals surface area contributed by atoms with Crippen molar-refractivity contribution in [2.24, 2.45) is 10.7 Å². The molecule has 0 aromatic heterocycles. The van der Waals surface area contributed by atoms with Crippen LogP contribution in [0.15, 0.2) is 47.5 Å². The van der Waals surface area contributed by atoms with E-state index in [1.54, 1.807) is 7.11 Å². The van der Waals surface area contributed by atoms with Crippen LogP contribution in [0.2, 0.25) is 0 Å². The van der Waals surface area contributed by atoms with Gasteiger partial charge >= 0.3 is 6.18 Å². The molecular formula is C19H18F3N3O. The fourth-order valence-electron chi connectivity index (χ4n) is 3.81. The van der Waals surface area contributed by atoms with E-state index in [1.807, 2.05) is 23.1 Å². The lowest BCUT2D eigenvalue weighted by Crippen LogP contribution is -2.47. The number of halogens is 3. The van der Waals surface area contributed by atoms with Gasteiger partial charge in [0.1, 0.15) is 6.10 Å². The van der Waals surface area contributed by atoms with E-state index in [4.69, 9.17) is 10.5 Å². The molecule has 2 unspecified atom stereocenters. The number of fused-ring (bicyclic) bond motifs is 2. The maximum Gasteiger partial charge on any atom is 0.416 e. The van der Waals surface area contributed by atoms with Gasteiger partial charge in [0, 0.05) is 13.7 Å². The van der Waals surface area contributed by atoms with Gasteiger partial charge in [0.25, 0.3) is 0 Å². The SMILES string of the molecule is COC1c2ccccc2CC1N1Cc2ccc(C(F)(F)F)cc2N=C1N.